The van der Waals surface area contributed by atoms with E-state index in [1.54, 1.807) is 0 Å². The minimum absolute atomic E-state index is 0.365. The molecule has 84 valence electrons. The van der Waals surface area contributed by atoms with E-state index in [2.05, 4.69) is 32.7 Å². The average molecular weight is 198 g/mol. The minimum atomic E-state index is 0.365. The van der Waals surface area contributed by atoms with Crippen LogP contribution in [0.15, 0.2) is 0 Å². The highest BCUT2D eigenvalue weighted by molar-refractivity contribution is 4.93. The molecule has 0 bridgehead atoms. The molecule has 0 amide bonds. The Morgan fingerprint density at radius 2 is 2.14 bits per heavy atom. The molecule has 0 aliphatic heterocycles. The smallest absolute Gasteiger partial charge is 0.0105 e. The van der Waals surface area contributed by atoms with Crippen LogP contribution >= 0.6 is 0 Å². The van der Waals surface area contributed by atoms with Gasteiger partial charge in [-0.1, -0.05) is 27.2 Å². The van der Waals surface area contributed by atoms with Crippen molar-refractivity contribution in [2.75, 3.05) is 20.1 Å². The van der Waals surface area contributed by atoms with Gasteiger partial charge in [-0.15, -0.1) is 0 Å². The molecule has 0 heterocycles. The Kier molecular flexibility index (Phi) is 3.96. The second-order valence-corrected chi connectivity index (χ2v) is 5.74. The predicted octanol–water partition coefficient (Wildman–Crippen LogP) is 2.09. The second-order valence-electron chi connectivity index (χ2n) is 5.74. The summed E-state index contributed by atoms with van der Waals surface area (Å²) in [6.07, 6.45) is 3.83. The van der Waals surface area contributed by atoms with Gasteiger partial charge in [-0.2, -0.15) is 0 Å². The lowest BCUT2D eigenvalue weighted by Crippen LogP contribution is -2.43. The number of nitrogens with two attached hydrogens (primary N) is 1. The number of hydrogen-bond acceptors (Lipinski definition) is 2. The molecule has 0 aromatic carbocycles. The Balaban J connectivity index is 2.42. The van der Waals surface area contributed by atoms with Gasteiger partial charge in [0.1, 0.15) is 0 Å². The number of rotatable bonds is 4. The standard InChI is InChI=1S/C12H26N2/c1-10(2)8-14(4)9-12(3)7-5-6-11(12)13/h10-11H,5-9,13H2,1-4H3. The summed E-state index contributed by atoms with van der Waals surface area (Å²) in [6.45, 7) is 9.23. The molecule has 1 fully saturated rings. The summed E-state index contributed by atoms with van der Waals surface area (Å²) in [5, 5.41) is 0. The molecule has 2 unspecified atom stereocenters. The SMILES string of the molecule is CC(C)CN(C)CC1(C)CCCC1N. The third-order valence-corrected chi connectivity index (χ3v) is 3.47. The minimum Gasteiger partial charge on any atom is -0.327 e. The first-order valence-electron chi connectivity index (χ1n) is 5.88. The van der Waals surface area contributed by atoms with Crippen molar-refractivity contribution in [3.8, 4) is 0 Å². The van der Waals surface area contributed by atoms with Gasteiger partial charge in [0.05, 0.1) is 0 Å². The van der Waals surface area contributed by atoms with Gasteiger partial charge in [-0.3, -0.25) is 0 Å². The van der Waals surface area contributed by atoms with Crippen LogP contribution < -0.4 is 5.73 Å². The molecule has 1 saturated carbocycles. The van der Waals surface area contributed by atoms with Gasteiger partial charge in [-0.25, -0.2) is 0 Å². The molecule has 0 saturated heterocycles. The van der Waals surface area contributed by atoms with E-state index < -0.39 is 0 Å². The molecule has 14 heavy (non-hydrogen) atoms. The van der Waals surface area contributed by atoms with Crippen LogP contribution in [0.1, 0.15) is 40.0 Å². The first-order valence-corrected chi connectivity index (χ1v) is 5.88. The molecule has 1 aliphatic rings. The van der Waals surface area contributed by atoms with E-state index in [0.717, 1.165) is 12.5 Å². The van der Waals surface area contributed by atoms with Gasteiger partial charge in [0, 0.05) is 19.1 Å². The fraction of sp³-hybridized carbons (Fsp3) is 1.00. The largest absolute Gasteiger partial charge is 0.327 e. The van der Waals surface area contributed by atoms with Crippen molar-refractivity contribution in [2.45, 2.75) is 46.1 Å². The highest BCUT2D eigenvalue weighted by atomic mass is 15.1. The Morgan fingerprint density at radius 3 is 2.57 bits per heavy atom. The maximum atomic E-state index is 6.17. The Bertz CT molecular complexity index is 179. The molecule has 0 spiro atoms. The fourth-order valence-corrected chi connectivity index (χ4v) is 2.76. The molecular formula is C12H26N2. The average Bonchev–Trinajstić information content (AvgIpc) is 2.29. The van der Waals surface area contributed by atoms with Crippen molar-refractivity contribution in [1.29, 1.82) is 0 Å². The third kappa shape index (κ3) is 2.96. The van der Waals surface area contributed by atoms with E-state index in [4.69, 9.17) is 5.73 Å². The second kappa shape index (κ2) is 4.63. The van der Waals surface area contributed by atoms with E-state index >= 15 is 0 Å². The summed E-state index contributed by atoms with van der Waals surface area (Å²) in [4.78, 5) is 2.44. The third-order valence-electron chi connectivity index (χ3n) is 3.47. The zero-order chi connectivity index (χ0) is 10.8. The van der Waals surface area contributed by atoms with Crippen molar-refractivity contribution in [3.05, 3.63) is 0 Å². The van der Waals surface area contributed by atoms with Crippen molar-refractivity contribution < 1.29 is 0 Å². The molecule has 0 radical (unpaired) electrons. The van der Waals surface area contributed by atoms with E-state index in [0.29, 0.717) is 11.5 Å². The van der Waals surface area contributed by atoms with Crippen LogP contribution in [0.2, 0.25) is 0 Å². The maximum absolute atomic E-state index is 6.17. The molecule has 1 rings (SSSR count). The summed E-state index contributed by atoms with van der Waals surface area (Å²) < 4.78 is 0. The number of nitrogens with zero attached hydrogens (tertiary/aromatic N) is 1. The summed E-state index contributed by atoms with van der Waals surface area (Å²) in [7, 11) is 2.22. The molecule has 0 aromatic rings. The Hall–Kier alpha value is -0.0800. The molecule has 2 heteroatoms. The monoisotopic (exact) mass is 198 g/mol. The van der Waals surface area contributed by atoms with Gasteiger partial charge in [0.25, 0.3) is 0 Å². The van der Waals surface area contributed by atoms with Crippen LogP contribution in [0.25, 0.3) is 0 Å². The maximum Gasteiger partial charge on any atom is 0.0105 e. The van der Waals surface area contributed by atoms with E-state index in [1.807, 2.05) is 0 Å². The highest BCUT2D eigenvalue weighted by Crippen LogP contribution is 2.37. The first kappa shape index (κ1) is 12.0. The van der Waals surface area contributed by atoms with Crippen molar-refractivity contribution in [2.24, 2.45) is 17.1 Å². The lowest BCUT2D eigenvalue weighted by molar-refractivity contribution is 0.166. The highest BCUT2D eigenvalue weighted by Gasteiger charge is 2.36. The molecule has 2 N–H and O–H groups in total. The van der Waals surface area contributed by atoms with Crippen LogP contribution in [0.5, 0.6) is 0 Å². The quantitative estimate of drug-likeness (QED) is 0.749. The molecular weight excluding hydrogens is 172 g/mol. The van der Waals surface area contributed by atoms with Crippen molar-refractivity contribution in [1.82, 2.24) is 4.90 Å². The number of hydrogen-bond donors (Lipinski definition) is 1. The molecule has 0 aromatic heterocycles. The van der Waals surface area contributed by atoms with E-state index in [1.165, 1.54) is 25.8 Å². The van der Waals surface area contributed by atoms with Crippen LogP contribution in [-0.2, 0) is 0 Å². The van der Waals surface area contributed by atoms with Crippen LogP contribution in [0.4, 0.5) is 0 Å². The van der Waals surface area contributed by atoms with Gasteiger partial charge < -0.3 is 10.6 Å². The van der Waals surface area contributed by atoms with Gasteiger partial charge in [0.15, 0.2) is 0 Å². The van der Waals surface area contributed by atoms with Crippen LogP contribution in [-0.4, -0.2) is 31.1 Å². The van der Waals surface area contributed by atoms with Gasteiger partial charge >= 0.3 is 0 Å². The normalized spacial score (nSPS) is 33.2. The lowest BCUT2D eigenvalue weighted by Gasteiger charge is -2.34. The molecule has 1 aliphatic carbocycles. The van der Waals surface area contributed by atoms with Crippen molar-refractivity contribution in [3.63, 3.8) is 0 Å². The predicted molar refractivity (Wildman–Crippen MR) is 62.3 cm³/mol. The summed E-state index contributed by atoms with van der Waals surface area (Å²) in [5.41, 5.74) is 6.53. The molecule has 2 nitrogen and oxygen atoms in total. The summed E-state index contributed by atoms with van der Waals surface area (Å²) >= 11 is 0. The Labute approximate surface area is 88.8 Å². The summed E-state index contributed by atoms with van der Waals surface area (Å²) in [5.74, 6) is 0.751. The van der Waals surface area contributed by atoms with Gasteiger partial charge in [0.2, 0.25) is 0 Å². The fourth-order valence-electron chi connectivity index (χ4n) is 2.76. The topological polar surface area (TPSA) is 29.3 Å². The van der Waals surface area contributed by atoms with Crippen molar-refractivity contribution >= 4 is 0 Å². The first-order chi connectivity index (χ1) is 6.44. The zero-order valence-electron chi connectivity index (χ0n) is 10.2. The van der Waals surface area contributed by atoms with E-state index in [9.17, 15) is 0 Å². The lowest BCUT2D eigenvalue weighted by atomic mass is 9.84. The van der Waals surface area contributed by atoms with Gasteiger partial charge in [-0.05, 0) is 31.2 Å². The van der Waals surface area contributed by atoms with E-state index in [-0.39, 0.29) is 0 Å². The zero-order valence-corrected chi connectivity index (χ0v) is 10.2. The summed E-state index contributed by atoms with van der Waals surface area (Å²) in [6, 6.07) is 0.414. The van der Waals surface area contributed by atoms with Crippen LogP contribution in [0.3, 0.4) is 0 Å². The molecule has 2 atom stereocenters. The Morgan fingerprint density at radius 1 is 1.50 bits per heavy atom. The van der Waals surface area contributed by atoms with Crippen LogP contribution in [0, 0.1) is 11.3 Å².